The Bertz CT molecular complexity index is 391. The van der Waals surface area contributed by atoms with E-state index in [0.29, 0.717) is 0 Å². The van der Waals surface area contributed by atoms with Crippen LogP contribution in [0, 0.1) is 19.3 Å². The van der Waals surface area contributed by atoms with Crippen LogP contribution in [0.5, 0.6) is 0 Å². The van der Waals surface area contributed by atoms with E-state index in [9.17, 15) is 0 Å². The maximum Gasteiger partial charge on any atom is 0.125 e. The van der Waals surface area contributed by atoms with Gasteiger partial charge in [-0.2, -0.15) is 0 Å². The number of hydrogen-bond acceptors (Lipinski definition) is 4. The lowest BCUT2D eigenvalue weighted by molar-refractivity contribution is 0.203. The molecule has 2 N–H and O–H groups in total. The van der Waals surface area contributed by atoms with E-state index >= 15 is 0 Å². The summed E-state index contributed by atoms with van der Waals surface area (Å²) in [6.45, 7) is 11.4. The Labute approximate surface area is 110 Å². The number of aromatic nitrogens is 2. The molecule has 0 bridgehead atoms. The molecule has 0 radical (unpaired) electrons. The van der Waals surface area contributed by atoms with Crippen molar-refractivity contribution >= 4 is 0 Å². The van der Waals surface area contributed by atoms with E-state index in [2.05, 4.69) is 36.1 Å². The Morgan fingerprint density at radius 2 is 2.06 bits per heavy atom. The van der Waals surface area contributed by atoms with Crippen LogP contribution in [-0.4, -0.2) is 28.2 Å². The van der Waals surface area contributed by atoms with E-state index in [-0.39, 0.29) is 18.1 Å². The van der Waals surface area contributed by atoms with Crippen LogP contribution in [-0.2, 0) is 0 Å². The predicted octanol–water partition coefficient (Wildman–Crippen LogP) is 2.15. The van der Waals surface area contributed by atoms with Crippen molar-refractivity contribution in [2.24, 2.45) is 5.41 Å². The Balaban J connectivity index is 2.63. The topological polar surface area (TPSA) is 58.0 Å². The number of rotatable bonds is 6. The molecule has 0 saturated heterocycles. The first-order chi connectivity index (χ1) is 8.35. The summed E-state index contributed by atoms with van der Waals surface area (Å²) in [5.74, 6) is 0.809. The van der Waals surface area contributed by atoms with Crippen molar-refractivity contribution in [3.05, 3.63) is 23.3 Å². The Hall–Kier alpha value is -1.00. The lowest BCUT2D eigenvalue weighted by atomic mass is 9.89. The first kappa shape index (κ1) is 15.1. The van der Waals surface area contributed by atoms with Gasteiger partial charge < -0.3 is 10.4 Å². The van der Waals surface area contributed by atoms with Crippen molar-refractivity contribution in [2.75, 3.05) is 13.2 Å². The standard InChI is InChI=1S/C14H25N3O/c1-10(16-9-14(4,5)6-7-18)13-8-15-12(3)17-11(13)2/h8,10,16,18H,6-7,9H2,1-5H3. The first-order valence-electron chi connectivity index (χ1n) is 6.50. The number of aliphatic hydroxyl groups is 1. The fourth-order valence-electron chi connectivity index (χ4n) is 1.95. The fourth-order valence-corrected chi connectivity index (χ4v) is 1.95. The number of aryl methyl sites for hydroxylation is 2. The highest BCUT2D eigenvalue weighted by Gasteiger charge is 2.19. The summed E-state index contributed by atoms with van der Waals surface area (Å²) in [4.78, 5) is 8.63. The second-order valence-corrected chi connectivity index (χ2v) is 5.70. The van der Waals surface area contributed by atoms with Gasteiger partial charge in [0.1, 0.15) is 5.82 Å². The van der Waals surface area contributed by atoms with Crippen molar-refractivity contribution in [2.45, 2.75) is 47.1 Å². The number of aliphatic hydroxyl groups excluding tert-OH is 1. The fraction of sp³-hybridized carbons (Fsp3) is 0.714. The molecular weight excluding hydrogens is 226 g/mol. The smallest absolute Gasteiger partial charge is 0.125 e. The number of nitrogens with one attached hydrogen (secondary N) is 1. The average molecular weight is 251 g/mol. The van der Waals surface area contributed by atoms with E-state index in [1.54, 1.807) is 0 Å². The molecule has 0 amide bonds. The van der Waals surface area contributed by atoms with Gasteiger partial charge in [0, 0.05) is 36.6 Å². The minimum atomic E-state index is 0.0997. The van der Waals surface area contributed by atoms with Gasteiger partial charge in [-0.25, -0.2) is 9.97 Å². The van der Waals surface area contributed by atoms with Crippen LogP contribution in [0.15, 0.2) is 6.20 Å². The van der Waals surface area contributed by atoms with Crippen LogP contribution >= 0.6 is 0 Å². The molecule has 0 aliphatic carbocycles. The predicted molar refractivity (Wildman–Crippen MR) is 73.4 cm³/mol. The van der Waals surface area contributed by atoms with Gasteiger partial charge in [0.15, 0.2) is 0 Å². The largest absolute Gasteiger partial charge is 0.396 e. The molecule has 1 atom stereocenters. The summed E-state index contributed by atoms with van der Waals surface area (Å²) in [6.07, 6.45) is 2.70. The Kier molecular flexibility index (Phi) is 5.23. The van der Waals surface area contributed by atoms with E-state index in [1.165, 1.54) is 0 Å². The van der Waals surface area contributed by atoms with E-state index < -0.39 is 0 Å². The normalized spacial score (nSPS) is 13.7. The van der Waals surface area contributed by atoms with Gasteiger partial charge in [-0.05, 0) is 32.6 Å². The van der Waals surface area contributed by atoms with Gasteiger partial charge in [-0.1, -0.05) is 13.8 Å². The molecule has 1 heterocycles. The summed E-state index contributed by atoms with van der Waals surface area (Å²) >= 11 is 0. The van der Waals surface area contributed by atoms with Gasteiger partial charge in [-0.3, -0.25) is 0 Å². The lowest BCUT2D eigenvalue weighted by Crippen LogP contribution is -2.32. The molecule has 0 saturated carbocycles. The summed E-state index contributed by atoms with van der Waals surface area (Å²) in [5.41, 5.74) is 2.27. The van der Waals surface area contributed by atoms with Gasteiger partial charge in [0.05, 0.1) is 0 Å². The molecule has 4 heteroatoms. The monoisotopic (exact) mass is 251 g/mol. The SMILES string of the molecule is Cc1ncc(C(C)NCC(C)(C)CCO)c(C)n1. The summed E-state index contributed by atoms with van der Waals surface area (Å²) in [5, 5.41) is 12.5. The molecule has 0 aromatic carbocycles. The molecule has 1 rings (SSSR count). The third-order valence-corrected chi connectivity index (χ3v) is 3.28. The number of nitrogens with zero attached hydrogens (tertiary/aromatic N) is 2. The van der Waals surface area contributed by atoms with Gasteiger partial charge >= 0.3 is 0 Å². The summed E-state index contributed by atoms with van der Waals surface area (Å²) in [7, 11) is 0. The maximum absolute atomic E-state index is 9.01. The molecule has 1 aromatic rings. The van der Waals surface area contributed by atoms with Crippen molar-refractivity contribution in [1.82, 2.24) is 15.3 Å². The van der Waals surface area contributed by atoms with E-state index in [1.807, 2.05) is 20.0 Å². The van der Waals surface area contributed by atoms with Crippen molar-refractivity contribution in [3.8, 4) is 0 Å². The summed E-state index contributed by atoms with van der Waals surface area (Å²) < 4.78 is 0. The van der Waals surface area contributed by atoms with Crippen molar-refractivity contribution < 1.29 is 5.11 Å². The first-order valence-corrected chi connectivity index (χ1v) is 6.50. The molecule has 0 aliphatic rings. The minimum absolute atomic E-state index is 0.0997. The second kappa shape index (κ2) is 6.25. The quantitative estimate of drug-likeness (QED) is 0.813. The molecule has 4 nitrogen and oxygen atoms in total. The van der Waals surface area contributed by atoms with Crippen LogP contribution in [0.3, 0.4) is 0 Å². The Morgan fingerprint density at radius 1 is 1.39 bits per heavy atom. The highest BCUT2D eigenvalue weighted by Crippen LogP contribution is 2.21. The zero-order chi connectivity index (χ0) is 13.8. The third kappa shape index (κ3) is 4.35. The van der Waals surface area contributed by atoms with Crippen molar-refractivity contribution in [1.29, 1.82) is 0 Å². The molecule has 0 aliphatic heterocycles. The van der Waals surface area contributed by atoms with Crippen LogP contribution in [0.4, 0.5) is 0 Å². The third-order valence-electron chi connectivity index (χ3n) is 3.28. The van der Waals surface area contributed by atoms with E-state index in [0.717, 1.165) is 30.0 Å². The highest BCUT2D eigenvalue weighted by molar-refractivity contribution is 5.19. The molecule has 0 fully saturated rings. The van der Waals surface area contributed by atoms with Crippen LogP contribution in [0.2, 0.25) is 0 Å². The molecular formula is C14H25N3O. The zero-order valence-electron chi connectivity index (χ0n) is 12.1. The Morgan fingerprint density at radius 3 is 2.61 bits per heavy atom. The zero-order valence-corrected chi connectivity index (χ0v) is 12.1. The number of hydrogen-bond donors (Lipinski definition) is 2. The molecule has 0 spiro atoms. The van der Waals surface area contributed by atoms with Gasteiger partial charge in [0.25, 0.3) is 0 Å². The molecule has 102 valence electrons. The summed E-state index contributed by atoms with van der Waals surface area (Å²) in [6, 6.07) is 0.226. The average Bonchev–Trinajstić information content (AvgIpc) is 2.26. The van der Waals surface area contributed by atoms with Crippen molar-refractivity contribution in [3.63, 3.8) is 0 Å². The van der Waals surface area contributed by atoms with E-state index in [4.69, 9.17) is 5.11 Å². The van der Waals surface area contributed by atoms with Gasteiger partial charge in [-0.15, -0.1) is 0 Å². The lowest BCUT2D eigenvalue weighted by Gasteiger charge is -2.26. The molecule has 18 heavy (non-hydrogen) atoms. The van der Waals surface area contributed by atoms with Crippen LogP contribution in [0.25, 0.3) is 0 Å². The van der Waals surface area contributed by atoms with Crippen LogP contribution < -0.4 is 5.32 Å². The van der Waals surface area contributed by atoms with Crippen LogP contribution in [0.1, 0.15) is 50.3 Å². The minimum Gasteiger partial charge on any atom is -0.396 e. The second-order valence-electron chi connectivity index (χ2n) is 5.70. The van der Waals surface area contributed by atoms with Gasteiger partial charge in [0.2, 0.25) is 0 Å². The molecule has 1 unspecified atom stereocenters. The highest BCUT2D eigenvalue weighted by atomic mass is 16.3. The maximum atomic E-state index is 9.01. The molecule has 1 aromatic heterocycles.